The molecule has 1 fully saturated rings. The van der Waals surface area contributed by atoms with Crippen LogP contribution in [0.5, 0.6) is 0 Å². The monoisotopic (exact) mass is 262 g/mol. The van der Waals surface area contributed by atoms with Crippen molar-refractivity contribution in [1.29, 1.82) is 0 Å². The van der Waals surface area contributed by atoms with Gasteiger partial charge in [0, 0.05) is 19.0 Å². The molecule has 0 spiro atoms. The van der Waals surface area contributed by atoms with Crippen molar-refractivity contribution in [3.05, 3.63) is 0 Å². The molecule has 17 heavy (non-hydrogen) atoms. The predicted molar refractivity (Wildman–Crippen MR) is 74.3 cm³/mol. The second-order valence-electron chi connectivity index (χ2n) is 5.41. The van der Waals surface area contributed by atoms with Gasteiger partial charge in [-0.15, -0.1) is 12.4 Å². The van der Waals surface area contributed by atoms with E-state index in [9.17, 15) is 4.79 Å². The Hall–Kier alpha value is -0.280. The summed E-state index contributed by atoms with van der Waals surface area (Å²) in [5, 5.41) is 3.10. The van der Waals surface area contributed by atoms with E-state index >= 15 is 0 Å². The Morgan fingerprint density at radius 3 is 2.35 bits per heavy atom. The predicted octanol–water partition coefficient (Wildman–Crippen LogP) is 2.48. The number of amides is 1. The highest BCUT2D eigenvalue weighted by Gasteiger charge is 2.23. The van der Waals surface area contributed by atoms with Gasteiger partial charge in [-0.25, -0.2) is 0 Å². The zero-order valence-electron chi connectivity index (χ0n) is 11.1. The fourth-order valence-electron chi connectivity index (χ4n) is 2.54. The molecule has 102 valence electrons. The van der Waals surface area contributed by atoms with E-state index in [1.165, 1.54) is 32.1 Å². The summed E-state index contributed by atoms with van der Waals surface area (Å²) in [5.41, 5.74) is 5.77. The van der Waals surface area contributed by atoms with Crippen molar-refractivity contribution >= 4 is 18.3 Å². The lowest BCUT2D eigenvalue weighted by Gasteiger charge is -2.30. The van der Waals surface area contributed by atoms with Gasteiger partial charge < -0.3 is 11.1 Å². The molecule has 0 bridgehead atoms. The van der Waals surface area contributed by atoms with Crippen molar-refractivity contribution in [2.75, 3.05) is 6.54 Å². The molecule has 4 heteroatoms. The Labute approximate surface area is 111 Å². The molecule has 1 aliphatic carbocycles. The van der Waals surface area contributed by atoms with Gasteiger partial charge in [-0.2, -0.15) is 0 Å². The van der Waals surface area contributed by atoms with Crippen LogP contribution in [0.4, 0.5) is 0 Å². The molecule has 0 aromatic rings. The normalized spacial score (nSPS) is 18.6. The van der Waals surface area contributed by atoms with E-state index in [1.54, 1.807) is 0 Å². The first-order chi connectivity index (χ1) is 7.63. The van der Waals surface area contributed by atoms with Gasteiger partial charge in [0.05, 0.1) is 0 Å². The second-order valence-corrected chi connectivity index (χ2v) is 5.41. The largest absolute Gasteiger partial charge is 0.352 e. The van der Waals surface area contributed by atoms with Crippen LogP contribution in [-0.2, 0) is 4.79 Å². The van der Waals surface area contributed by atoms with E-state index in [0.29, 0.717) is 24.8 Å². The smallest absolute Gasteiger partial charge is 0.220 e. The highest BCUT2D eigenvalue weighted by Crippen LogP contribution is 2.26. The first-order valence-corrected chi connectivity index (χ1v) is 6.63. The van der Waals surface area contributed by atoms with E-state index in [4.69, 9.17) is 5.73 Å². The molecule has 0 aliphatic heterocycles. The molecule has 1 unspecified atom stereocenters. The minimum atomic E-state index is 0. The number of hydrogen-bond acceptors (Lipinski definition) is 2. The summed E-state index contributed by atoms with van der Waals surface area (Å²) in [5.74, 6) is 1.19. The van der Waals surface area contributed by atoms with E-state index in [0.717, 1.165) is 0 Å². The molecule has 0 radical (unpaired) electrons. The van der Waals surface area contributed by atoms with Gasteiger partial charge in [0.1, 0.15) is 0 Å². The summed E-state index contributed by atoms with van der Waals surface area (Å²) in [7, 11) is 0. The van der Waals surface area contributed by atoms with Crippen LogP contribution in [0.1, 0.15) is 52.4 Å². The fraction of sp³-hybridized carbons (Fsp3) is 0.923. The van der Waals surface area contributed by atoms with Gasteiger partial charge in [-0.3, -0.25) is 4.79 Å². The summed E-state index contributed by atoms with van der Waals surface area (Å²) in [4.78, 5) is 11.7. The third kappa shape index (κ3) is 6.27. The average molecular weight is 263 g/mol. The molecule has 3 nitrogen and oxygen atoms in total. The van der Waals surface area contributed by atoms with Gasteiger partial charge in [0.2, 0.25) is 5.91 Å². The first-order valence-electron chi connectivity index (χ1n) is 6.63. The molecule has 0 aromatic carbocycles. The molecule has 0 aromatic heterocycles. The van der Waals surface area contributed by atoms with E-state index in [-0.39, 0.29) is 24.4 Å². The van der Waals surface area contributed by atoms with E-state index < -0.39 is 0 Å². The lowest BCUT2D eigenvalue weighted by molar-refractivity contribution is -0.122. The molecule has 1 saturated carbocycles. The number of carbonyl (C=O) groups excluding carboxylic acids is 1. The Morgan fingerprint density at radius 2 is 1.88 bits per heavy atom. The van der Waals surface area contributed by atoms with Crippen molar-refractivity contribution in [3.63, 3.8) is 0 Å². The quantitative estimate of drug-likeness (QED) is 0.800. The number of hydrogen-bond donors (Lipinski definition) is 2. The van der Waals surface area contributed by atoms with Crippen LogP contribution in [0.3, 0.4) is 0 Å². The van der Waals surface area contributed by atoms with Crippen molar-refractivity contribution in [2.45, 2.75) is 58.4 Å². The number of halogens is 1. The van der Waals surface area contributed by atoms with E-state index in [2.05, 4.69) is 19.2 Å². The second kappa shape index (κ2) is 8.76. The molecular formula is C13H27ClN2O. The molecular weight excluding hydrogens is 236 g/mol. The van der Waals surface area contributed by atoms with Crippen LogP contribution in [-0.4, -0.2) is 18.5 Å². The van der Waals surface area contributed by atoms with Gasteiger partial charge in [-0.1, -0.05) is 33.1 Å². The number of nitrogens with two attached hydrogens (primary N) is 1. The summed E-state index contributed by atoms with van der Waals surface area (Å²) < 4.78 is 0. The number of nitrogens with one attached hydrogen (secondary N) is 1. The first kappa shape index (κ1) is 16.7. The van der Waals surface area contributed by atoms with Gasteiger partial charge in [0.25, 0.3) is 0 Å². The molecule has 1 atom stereocenters. The molecule has 1 amide bonds. The molecule has 0 heterocycles. The molecule has 1 aliphatic rings. The zero-order chi connectivity index (χ0) is 12.0. The molecule has 1 rings (SSSR count). The van der Waals surface area contributed by atoms with Crippen molar-refractivity contribution in [3.8, 4) is 0 Å². The minimum Gasteiger partial charge on any atom is -0.352 e. The Bertz CT molecular complexity index is 215. The van der Waals surface area contributed by atoms with Crippen LogP contribution in [0.25, 0.3) is 0 Å². The van der Waals surface area contributed by atoms with Crippen LogP contribution in [0, 0.1) is 11.8 Å². The van der Waals surface area contributed by atoms with Gasteiger partial charge >= 0.3 is 0 Å². The molecule has 0 saturated heterocycles. The third-order valence-corrected chi connectivity index (χ3v) is 3.41. The number of carbonyl (C=O) groups is 1. The molecule has 3 N–H and O–H groups in total. The Balaban J connectivity index is 0.00000256. The highest BCUT2D eigenvalue weighted by atomic mass is 35.5. The SMILES string of the molecule is CC(C)CC(=O)NC(CN)C1CCCCC1.Cl. The Morgan fingerprint density at radius 1 is 1.29 bits per heavy atom. The summed E-state index contributed by atoms with van der Waals surface area (Å²) >= 11 is 0. The summed E-state index contributed by atoms with van der Waals surface area (Å²) in [6, 6.07) is 0.201. The zero-order valence-corrected chi connectivity index (χ0v) is 11.9. The highest BCUT2D eigenvalue weighted by molar-refractivity contribution is 5.85. The third-order valence-electron chi connectivity index (χ3n) is 3.41. The summed E-state index contributed by atoms with van der Waals surface area (Å²) in [6.07, 6.45) is 6.99. The maximum absolute atomic E-state index is 11.7. The lowest BCUT2D eigenvalue weighted by Crippen LogP contribution is -2.46. The van der Waals surface area contributed by atoms with Crippen LogP contribution >= 0.6 is 12.4 Å². The van der Waals surface area contributed by atoms with Crippen molar-refractivity contribution in [2.24, 2.45) is 17.6 Å². The van der Waals surface area contributed by atoms with Crippen LogP contribution < -0.4 is 11.1 Å². The fourth-order valence-corrected chi connectivity index (χ4v) is 2.54. The van der Waals surface area contributed by atoms with Gasteiger partial charge in [-0.05, 0) is 24.7 Å². The van der Waals surface area contributed by atoms with Gasteiger partial charge in [0.15, 0.2) is 0 Å². The maximum atomic E-state index is 11.7. The van der Waals surface area contributed by atoms with E-state index in [1.807, 2.05) is 0 Å². The maximum Gasteiger partial charge on any atom is 0.220 e. The Kier molecular flexibility index (Phi) is 8.61. The lowest BCUT2D eigenvalue weighted by atomic mass is 9.84. The summed E-state index contributed by atoms with van der Waals surface area (Å²) in [6.45, 7) is 4.71. The number of rotatable bonds is 5. The van der Waals surface area contributed by atoms with Crippen LogP contribution in [0.2, 0.25) is 0 Å². The topological polar surface area (TPSA) is 55.1 Å². The van der Waals surface area contributed by atoms with Crippen molar-refractivity contribution < 1.29 is 4.79 Å². The van der Waals surface area contributed by atoms with Crippen LogP contribution in [0.15, 0.2) is 0 Å². The standard InChI is InChI=1S/C13H26N2O.ClH/c1-10(2)8-13(16)15-12(9-14)11-6-4-3-5-7-11;/h10-12H,3-9,14H2,1-2H3,(H,15,16);1H. The average Bonchev–Trinajstić information content (AvgIpc) is 2.26. The minimum absolute atomic E-state index is 0. The van der Waals surface area contributed by atoms with Crippen molar-refractivity contribution in [1.82, 2.24) is 5.32 Å².